The Kier molecular flexibility index (Phi) is 6.53. The summed E-state index contributed by atoms with van der Waals surface area (Å²) in [6, 6.07) is 9.08. The molecule has 3 aromatic carbocycles. The first-order chi connectivity index (χ1) is 14.2. The second-order valence-corrected chi connectivity index (χ2v) is 7.46. The lowest BCUT2D eigenvalue weighted by molar-refractivity contribution is 0.0972. The van der Waals surface area contributed by atoms with Gasteiger partial charge in [0.15, 0.2) is 11.6 Å². The maximum Gasteiger partial charge on any atom is 0.197 e. The molecule has 0 bridgehead atoms. The minimum Gasteiger partial charge on any atom is -0.288 e. The highest BCUT2D eigenvalue weighted by molar-refractivity contribution is 6.49. The predicted molar refractivity (Wildman–Crippen MR) is 112 cm³/mol. The van der Waals surface area contributed by atoms with E-state index in [2.05, 4.69) is 5.18 Å². The number of hydrogen-bond acceptors (Lipinski definition) is 4. The number of ketones is 2. The average Bonchev–Trinajstić information content (AvgIpc) is 2.73. The number of fused-ring (bicyclic) bond motifs is 2. The highest BCUT2D eigenvalue weighted by atomic mass is 35.5. The standard InChI is InChI=1S/C14H6F2O2.C6HCl4NO/c15-9-5-6-10(16)12-11(9)13(17)7-3-1-2-4-8(7)14(12)18;7-2-1-3(8)5(10)6(11-12)4(2)9/h1-6H;1H. The van der Waals surface area contributed by atoms with Gasteiger partial charge in [0.05, 0.1) is 31.2 Å². The molecule has 0 amide bonds. The molecule has 152 valence electrons. The molecule has 0 atom stereocenters. The van der Waals surface area contributed by atoms with Gasteiger partial charge in [0.25, 0.3) is 0 Å². The summed E-state index contributed by atoms with van der Waals surface area (Å²) in [5, 5.41) is 2.95. The lowest BCUT2D eigenvalue weighted by atomic mass is 9.83. The van der Waals surface area contributed by atoms with Gasteiger partial charge in [0.2, 0.25) is 0 Å². The van der Waals surface area contributed by atoms with Crippen LogP contribution in [0.3, 0.4) is 0 Å². The molecule has 0 aliphatic heterocycles. The van der Waals surface area contributed by atoms with Gasteiger partial charge >= 0.3 is 0 Å². The van der Waals surface area contributed by atoms with E-state index in [4.69, 9.17) is 46.4 Å². The molecule has 1 aliphatic carbocycles. The second-order valence-electron chi connectivity index (χ2n) is 5.89. The van der Waals surface area contributed by atoms with Crippen molar-refractivity contribution in [2.45, 2.75) is 0 Å². The smallest absolute Gasteiger partial charge is 0.197 e. The van der Waals surface area contributed by atoms with E-state index in [1.54, 1.807) is 12.1 Å². The topological polar surface area (TPSA) is 63.6 Å². The molecule has 4 rings (SSSR count). The van der Waals surface area contributed by atoms with Gasteiger partial charge in [0.1, 0.15) is 17.3 Å². The van der Waals surface area contributed by atoms with Gasteiger partial charge in [-0.1, -0.05) is 70.7 Å². The van der Waals surface area contributed by atoms with E-state index >= 15 is 0 Å². The number of rotatable bonds is 1. The molecule has 30 heavy (non-hydrogen) atoms. The summed E-state index contributed by atoms with van der Waals surface area (Å²) in [5.41, 5.74) is -0.854. The number of hydrogen-bond donors (Lipinski definition) is 0. The Labute approximate surface area is 188 Å². The van der Waals surface area contributed by atoms with Crippen molar-refractivity contribution in [3.63, 3.8) is 0 Å². The Morgan fingerprint density at radius 1 is 0.700 bits per heavy atom. The van der Waals surface area contributed by atoms with E-state index in [0.29, 0.717) is 0 Å². The first-order valence-corrected chi connectivity index (χ1v) is 9.53. The van der Waals surface area contributed by atoms with Crippen molar-refractivity contribution in [2.24, 2.45) is 5.18 Å². The monoisotopic (exact) mass is 487 g/mol. The second kappa shape index (κ2) is 8.78. The van der Waals surface area contributed by atoms with Crippen LogP contribution in [-0.4, -0.2) is 11.6 Å². The van der Waals surface area contributed by atoms with E-state index in [0.717, 1.165) is 12.1 Å². The molecule has 0 aromatic heterocycles. The minimum absolute atomic E-state index is 0.0149. The first kappa shape index (κ1) is 22.3. The molecule has 3 aromatic rings. The van der Waals surface area contributed by atoms with Crippen LogP contribution in [-0.2, 0) is 0 Å². The van der Waals surface area contributed by atoms with Crippen LogP contribution in [0.4, 0.5) is 14.5 Å². The third-order valence-corrected chi connectivity index (χ3v) is 5.71. The molecule has 0 heterocycles. The third-order valence-electron chi connectivity index (χ3n) is 4.15. The quantitative estimate of drug-likeness (QED) is 0.206. The Morgan fingerprint density at radius 3 is 1.47 bits per heavy atom. The molecule has 0 N–H and O–H groups in total. The summed E-state index contributed by atoms with van der Waals surface area (Å²) in [6.45, 7) is 0. The number of carbonyl (C=O) groups excluding carboxylic acids is 2. The van der Waals surface area contributed by atoms with Gasteiger partial charge in [0, 0.05) is 11.1 Å². The number of halogens is 6. The van der Waals surface area contributed by atoms with Crippen LogP contribution in [0.25, 0.3) is 0 Å². The molecule has 0 saturated heterocycles. The summed E-state index contributed by atoms with van der Waals surface area (Å²) >= 11 is 22.4. The van der Waals surface area contributed by atoms with Crippen molar-refractivity contribution < 1.29 is 18.4 Å². The fraction of sp³-hybridized carbons (Fsp3) is 0. The van der Waals surface area contributed by atoms with Crippen LogP contribution >= 0.6 is 46.4 Å². The summed E-state index contributed by atoms with van der Waals surface area (Å²) in [5.74, 6) is -3.06. The number of benzene rings is 3. The van der Waals surface area contributed by atoms with Crippen LogP contribution in [0.2, 0.25) is 20.1 Å². The molecular formula is C20H7Cl4F2NO3. The fourth-order valence-electron chi connectivity index (χ4n) is 2.78. The van der Waals surface area contributed by atoms with Crippen molar-refractivity contribution in [1.82, 2.24) is 0 Å². The highest BCUT2D eigenvalue weighted by Crippen LogP contribution is 2.42. The predicted octanol–water partition coefficient (Wildman–Crippen LogP) is 7.44. The summed E-state index contributed by atoms with van der Waals surface area (Å²) in [6.07, 6.45) is 0. The van der Waals surface area contributed by atoms with Crippen LogP contribution in [0.5, 0.6) is 0 Å². The van der Waals surface area contributed by atoms with Crippen molar-refractivity contribution in [1.29, 1.82) is 0 Å². The maximum absolute atomic E-state index is 13.6. The van der Waals surface area contributed by atoms with Crippen LogP contribution in [0.1, 0.15) is 31.8 Å². The summed E-state index contributed by atoms with van der Waals surface area (Å²) in [7, 11) is 0. The minimum atomic E-state index is -0.876. The lowest BCUT2D eigenvalue weighted by Gasteiger charge is -2.17. The zero-order valence-electron chi connectivity index (χ0n) is 14.5. The molecule has 4 nitrogen and oxygen atoms in total. The fourth-order valence-corrected chi connectivity index (χ4v) is 3.65. The van der Waals surface area contributed by atoms with Gasteiger partial charge in [-0.2, -0.15) is 0 Å². The van der Waals surface area contributed by atoms with Gasteiger partial charge < -0.3 is 0 Å². The Hall–Kier alpha value is -2.38. The Bertz CT molecular complexity index is 1140. The number of carbonyl (C=O) groups is 2. The Morgan fingerprint density at radius 2 is 1.10 bits per heavy atom. The van der Waals surface area contributed by atoms with E-state index < -0.39 is 34.3 Å². The molecule has 0 radical (unpaired) electrons. The van der Waals surface area contributed by atoms with Gasteiger partial charge in [-0.15, -0.1) is 4.91 Å². The van der Waals surface area contributed by atoms with Crippen molar-refractivity contribution >= 4 is 63.7 Å². The maximum atomic E-state index is 13.6. The number of nitrogens with zero attached hydrogens (tertiary/aromatic N) is 1. The molecule has 0 spiro atoms. The largest absolute Gasteiger partial charge is 0.288 e. The number of nitroso groups, excluding NO2 is 1. The molecular weight excluding hydrogens is 482 g/mol. The highest BCUT2D eigenvalue weighted by Gasteiger charge is 2.34. The van der Waals surface area contributed by atoms with Crippen molar-refractivity contribution in [3.8, 4) is 0 Å². The van der Waals surface area contributed by atoms with Crippen LogP contribution in [0, 0.1) is 16.5 Å². The van der Waals surface area contributed by atoms with Crippen LogP contribution in [0.15, 0.2) is 47.6 Å². The molecule has 0 saturated carbocycles. The lowest BCUT2D eigenvalue weighted by Crippen LogP contribution is -2.23. The first-order valence-electron chi connectivity index (χ1n) is 8.01. The van der Waals surface area contributed by atoms with E-state index in [9.17, 15) is 23.3 Å². The molecule has 10 heteroatoms. The van der Waals surface area contributed by atoms with Crippen molar-refractivity contribution in [2.75, 3.05) is 0 Å². The van der Waals surface area contributed by atoms with Crippen molar-refractivity contribution in [3.05, 3.63) is 101 Å². The Balaban J connectivity index is 0.000000187. The van der Waals surface area contributed by atoms with Gasteiger partial charge in [-0.3, -0.25) is 9.59 Å². The summed E-state index contributed by atoms with van der Waals surface area (Å²) < 4.78 is 27.3. The van der Waals surface area contributed by atoms with E-state index in [1.165, 1.54) is 18.2 Å². The third kappa shape index (κ3) is 3.84. The average molecular weight is 489 g/mol. The van der Waals surface area contributed by atoms with Gasteiger partial charge in [-0.25, -0.2) is 8.78 Å². The van der Waals surface area contributed by atoms with Crippen LogP contribution < -0.4 is 0 Å². The molecule has 1 aliphatic rings. The van der Waals surface area contributed by atoms with E-state index in [-0.39, 0.29) is 36.9 Å². The normalized spacial score (nSPS) is 11.9. The molecule has 0 unspecified atom stereocenters. The zero-order chi connectivity index (χ0) is 22.2. The summed E-state index contributed by atoms with van der Waals surface area (Å²) in [4.78, 5) is 34.4. The molecule has 0 fully saturated rings. The van der Waals surface area contributed by atoms with E-state index in [1.807, 2.05) is 0 Å². The van der Waals surface area contributed by atoms with Gasteiger partial charge in [-0.05, 0) is 23.4 Å². The SMILES string of the molecule is O=C1c2ccccc2C(=O)c2c(F)ccc(F)c21.O=Nc1c(Cl)c(Cl)cc(Cl)c1Cl. The zero-order valence-corrected chi connectivity index (χ0v) is 17.5.